The van der Waals surface area contributed by atoms with Crippen LogP contribution >= 0.6 is 39.1 Å². The molecule has 0 aliphatic heterocycles. The van der Waals surface area contributed by atoms with Gasteiger partial charge in [-0.25, -0.2) is 4.98 Å². The molecular weight excluding hydrogens is 499 g/mol. The lowest BCUT2D eigenvalue weighted by molar-refractivity contribution is 0.102. The van der Waals surface area contributed by atoms with E-state index in [2.05, 4.69) is 52.2 Å². The molecular formula is C24H19BrCl2N2O2. The highest BCUT2D eigenvalue weighted by Crippen LogP contribution is 2.32. The van der Waals surface area contributed by atoms with Crippen LogP contribution in [0.25, 0.3) is 22.6 Å². The number of nitrogens with one attached hydrogen (secondary N) is 1. The van der Waals surface area contributed by atoms with Crippen LogP contribution in [0.4, 0.5) is 5.69 Å². The summed E-state index contributed by atoms with van der Waals surface area (Å²) in [5.74, 6) is 0.553. The maximum absolute atomic E-state index is 12.7. The van der Waals surface area contributed by atoms with Gasteiger partial charge in [0, 0.05) is 10.0 Å². The molecule has 1 N–H and O–H groups in total. The fourth-order valence-corrected chi connectivity index (χ4v) is 3.95. The third kappa shape index (κ3) is 4.64. The quantitative estimate of drug-likeness (QED) is 0.289. The van der Waals surface area contributed by atoms with Crippen molar-refractivity contribution < 1.29 is 9.21 Å². The Labute approximate surface area is 198 Å². The van der Waals surface area contributed by atoms with E-state index in [-0.39, 0.29) is 5.91 Å². The summed E-state index contributed by atoms with van der Waals surface area (Å²) >= 11 is 15.9. The molecule has 158 valence electrons. The van der Waals surface area contributed by atoms with Crippen molar-refractivity contribution in [2.24, 2.45) is 0 Å². The van der Waals surface area contributed by atoms with Crippen molar-refractivity contribution in [2.75, 3.05) is 5.32 Å². The molecule has 4 aromatic rings. The van der Waals surface area contributed by atoms with Gasteiger partial charge in [-0.05, 0) is 66.4 Å². The van der Waals surface area contributed by atoms with Crippen molar-refractivity contribution >= 4 is 61.8 Å². The number of benzene rings is 3. The van der Waals surface area contributed by atoms with E-state index in [0.717, 1.165) is 16.4 Å². The zero-order valence-electron chi connectivity index (χ0n) is 16.9. The fourth-order valence-electron chi connectivity index (χ4n) is 3.23. The molecule has 0 spiro atoms. The Morgan fingerprint density at radius 1 is 1.10 bits per heavy atom. The van der Waals surface area contributed by atoms with Crippen molar-refractivity contribution in [2.45, 2.75) is 26.2 Å². The molecule has 0 aliphatic carbocycles. The van der Waals surface area contributed by atoms with E-state index in [9.17, 15) is 4.79 Å². The minimum absolute atomic E-state index is 0.344. The van der Waals surface area contributed by atoms with Gasteiger partial charge in [0.1, 0.15) is 5.52 Å². The molecule has 0 aliphatic rings. The van der Waals surface area contributed by atoms with Crippen molar-refractivity contribution in [3.63, 3.8) is 0 Å². The highest BCUT2D eigenvalue weighted by atomic mass is 79.9. The SMILES string of the molecule is CC[C@H](C)c1ccc2oc(-c3ccc(Cl)c(NC(=O)c4cc(Br)ccc4Cl)c3)nc2c1. The number of amides is 1. The second-order valence-electron chi connectivity index (χ2n) is 7.33. The summed E-state index contributed by atoms with van der Waals surface area (Å²) in [4.78, 5) is 17.4. The van der Waals surface area contributed by atoms with E-state index in [1.54, 1.807) is 30.3 Å². The van der Waals surface area contributed by atoms with Gasteiger partial charge in [0.15, 0.2) is 5.58 Å². The zero-order chi connectivity index (χ0) is 22.1. The van der Waals surface area contributed by atoms with Crippen molar-refractivity contribution in [1.82, 2.24) is 4.98 Å². The number of carbonyl (C=O) groups excluding carboxylic acids is 1. The van der Waals surface area contributed by atoms with Crippen LogP contribution in [0.5, 0.6) is 0 Å². The predicted octanol–water partition coefficient (Wildman–Crippen LogP) is 8.33. The molecule has 0 fully saturated rings. The van der Waals surface area contributed by atoms with Crippen LogP contribution in [-0.2, 0) is 0 Å². The lowest BCUT2D eigenvalue weighted by Crippen LogP contribution is -2.13. The average Bonchev–Trinajstić information content (AvgIpc) is 3.19. The number of halogens is 3. The molecule has 3 aromatic carbocycles. The fraction of sp³-hybridized carbons (Fsp3) is 0.167. The van der Waals surface area contributed by atoms with Crippen LogP contribution in [0.3, 0.4) is 0 Å². The minimum atomic E-state index is -0.360. The highest BCUT2D eigenvalue weighted by Gasteiger charge is 2.16. The first-order chi connectivity index (χ1) is 14.9. The van der Waals surface area contributed by atoms with Gasteiger partial charge in [-0.15, -0.1) is 0 Å². The van der Waals surface area contributed by atoms with E-state index in [1.807, 2.05) is 12.1 Å². The Morgan fingerprint density at radius 2 is 1.87 bits per heavy atom. The topological polar surface area (TPSA) is 55.1 Å². The van der Waals surface area contributed by atoms with Crippen molar-refractivity contribution in [3.05, 3.63) is 80.2 Å². The number of aromatic nitrogens is 1. The van der Waals surface area contributed by atoms with Gasteiger partial charge < -0.3 is 9.73 Å². The predicted molar refractivity (Wildman–Crippen MR) is 130 cm³/mol. The molecule has 1 aromatic heterocycles. The summed E-state index contributed by atoms with van der Waals surface area (Å²) in [5, 5.41) is 3.58. The second-order valence-corrected chi connectivity index (χ2v) is 9.06. The molecule has 7 heteroatoms. The van der Waals surface area contributed by atoms with Crippen LogP contribution in [0, 0.1) is 0 Å². The summed E-state index contributed by atoms with van der Waals surface area (Å²) in [6.45, 7) is 4.35. The van der Waals surface area contributed by atoms with Gasteiger partial charge in [0.05, 0.1) is 21.3 Å². The molecule has 0 saturated heterocycles. The van der Waals surface area contributed by atoms with Gasteiger partial charge in [0.2, 0.25) is 5.89 Å². The van der Waals surface area contributed by atoms with Gasteiger partial charge in [-0.2, -0.15) is 0 Å². The number of hydrogen-bond acceptors (Lipinski definition) is 3. The van der Waals surface area contributed by atoms with E-state index in [4.69, 9.17) is 27.6 Å². The minimum Gasteiger partial charge on any atom is -0.436 e. The summed E-state index contributed by atoms with van der Waals surface area (Å²) < 4.78 is 6.70. The Kier molecular flexibility index (Phi) is 6.37. The number of fused-ring (bicyclic) bond motifs is 1. The Hall–Kier alpha value is -2.34. The summed E-state index contributed by atoms with van der Waals surface area (Å²) in [5.41, 5.74) is 4.24. The first kappa shape index (κ1) is 21.9. The van der Waals surface area contributed by atoms with Crippen molar-refractivity contribution in [3.8, 4) is 11.5 Å². The second kappa shape index (κ2) is 9.03. The normalized spacial score (nSPS) is 12.2. The lowest BCUT2D eigenvalue weighted by Gasteiger charge is -2.10. The van der Waals surface area contributed by atoms with Crippen LogP contribution in [-0.4, -0.2) is 10.9 Å². The molecule has 1 heterocycles. The lowest BCUT2D eigenvalue weighted by atomic mass is 9.98. The van der Waals surface area contributed by atoms with Crippen LogP contribution in [0.2, 0.25) is 10.0 Å². The number of rotatable bonds is 5. The Morgan fingerprint density at radius 3 is 2.65 bits per heavy atom. The number of nitrogens with zero attached hydrogens (tertiary/aromatic N) is 1. The monoisotopic (exact) mass is 516 g/mol. The zero-order valence-corrected chi connectivity index (χ0v) is 20.0. The Bertz CT molecular complexity index is 1290. The van der Waals surface area contributed by atoms with Gasteiger partial charge in [-0.1, -0.05) is 59.0 Å². The molecule has 4 nitrogen and oxygen atoms in total. The molecule has 4 rings (SSSR count). The maximum Gasteiger partial charge on any atom is 0.257 e. The molecule has 0 bridgehead atoms. The van der Waals surface area contributed by atoms with Gasteiger partial charge in [0.25, 0.3) is 5.91 Å². The molecule has 31 heavy (non-hydrogen) atoms. The largest absolute Gasteiger partial charge is 0.436 e. The molecule has 1 amide bonds. The number of carbonyl (C=O) groups is 1. The van der Waals surface area contributed by atoms with Crippen LogP contribution < -0.4 is 5.32 Å². The standard InChI is InChI=1S/C24H19BrCl2N2O2/c1-3-13(2)14-5-9-22-21(10-14)29-24(31-22)15-4-7-19(27)20(11-15)28-23(30)17-12-16(25)6-8-18(17)26/h4-13H,3H2,1-2H3,(H,28,30)/t13-/m0/s1. The molecule has 0 radical (unpaired) electrons. The average molecular weight is 518 g/mol. The maximum atomic E-state index is 12.7. The molecule has 0 unspecified atom stereocenters. The summed E-state index contributed by atoms with van der Waals surface area (Å²) in [6, 6.07) is 16.4. The molecule has 1 atom stereocenters. The first-order valence-corrected chi connectivity index (χ1v) is 11.4. The van der Waals surface area contributed by atoms with E-state index in [1.165, 1.54) is 5.56 Å². The van der Waals surface area contributed by atoms with Crippen LogP contribution in [0.1, 0.15) is 42.1 Å². The summed E-state index contributed by atoms with van der Waals surface area (Å²) in [7, 11) is 0. The third-order valence-corrected chi connectivity index (χ3v) is 6.38. The third-order valence-electron chi connectivity index (χ3n) is 5.23. The number of hydrogen-bond donors (Lipinski definition) is 1. The van der Waals surface area contributed by atoms with E-state index in [0.29, 0.717) is 44.3 Å². The first-order valence-electron chi connectivity index (χ1n) is 9.82. The van der Waals surface area contributed by atoms with Gasteiger partial charge in [-0.3, -0.25) is 4.79 Å². The molecule has 0 saturated carbocycles. The number of oxazole rings is 1. The van der Waals surface area contributed by atoms with Gasteiger partial charge >= 0.3 is 0 Å². The summed E-state index contributed by atoms with van der Waals surface area (Å²) in [6.07, 6.45) is 1.05. The van der Waals surface area contributed by atoms with Crippen molar-refractivity contribution in [1.29, 1.82) is 0 Å². The Balaban J connectivity index is 1.66. The smallest absolute Gasteiger partial charge is 0.257 e. The number of anilines is 1. The van der Waals surface area contributed by atoms with Crippen LogP contribution in [0.15, 0.2) is 63.5 Å². The highest BCUT2D eigenvalue weighted by molar-refractivity contribution is 9.10. The van der Waals surface area contributed by atoms with E-state index < -0.39 is 0 Å². The van der Waals surface area contributed by atoms with E-state index >= 15 is 0 Å².